The third-order valence-electron chi connectivity index (χ3n) is 3.18. The molecule has 0 atom stereocenters. The van der Waals surface area contributed by atoms with Crippen LogP contribution in [0.5, 0.6) is 5.75 Å². The minimum Gasteiger partial charge on any atom is -0.496 e. The molecule has 2 rings (SSSR count). The lowest BCUT2D eigenvalue weighted by molar-refractivity contribution is 0.0955. The van der Waals surface area contributed by atoms with Crippen LogP contribution in [-0.2, 0) is 0 Å². The Bertz CT molecular complexity index is 408. The van der Waals surface area contributed by atoms with Crippen molar-refractivity contribution in [3.63, 3.8) is 0 Å². The van der Waals surface area contributed by atoms with Gasteiger partial charge in [-0.25, -0.2) is 0 Å². The van der Waals surface area contributed by atoms with Gasteiger partial charge in [-0.3, -0.25) is 4.79 Å². The predicted octanol–water partition coefficient (Wildman–Crippen LogP) is 1.20. The van der Waals surface area contributed by atoms with Crippen molar-refractivity contribution < 1.29 is 9.53 Å². The molecule has 1 saturated heterocycles. The van der Waals surface area contributed by atoms with Crippen LogP contribution in [0.25, 0.3) is 0 Å². The maximum Gasteiger partial charge on any atom is 0.261 e. The van der Waals surface area contributed by atoms with Crippen molar-refractivity contribution in [3.8, 4) is 5.75 Å². The molecule has 0 aliphatic carbocycles. The van der Waals surface area contributed by atoms with Gasteiger partial charge in [0.15, 0.2) is 0 Å². The number of nitrogens with zero attached hydrogens (tertiary/aromatic N) is 1. The van der Waals surface area contributed by atoms with Crippen LogP contribution in [0.1, 0.15) is 16.1 Å². The van der Waals surface area contributed by atoms with E-state index in [0.717, 1.165) is 51.4 Å². The second-order valence-electron chi connectivity index (χ2n) is 4.55. The summed E-state index contributed by atoms with van der Waals surface area (Å²) in [5, 5.41) is 8.12. The van der Waals surface area contributed by atoms with Crippen molar-refractivity contribution in [2.24, 2.45) is 0 Å². The normalized spacial score (nSPS) is 15.4. The van der Waals surface area contributed by atoms with Gasteiger partial charge in [-0.15, -0.1) is 23.7 Å². The lowest BCUT2D eigenvalue weighted by Gasteiger charge is -2.27. The maximum absolute atomic E-state index is 11.8. The van der Waals surface area contributed by atoms with Gasteiger partial charge in [0.1, 0.15) is 5.75 Å². The first-order valence-electron chi connectivity index (χ1n) is 6.63. The van der Waals surface area contributed by atoms with Crippen molar-refractivity contribution >= 4 is 29.7 Å². The highest BCUT2D eigenvalue weighted by Crippen LogP contribution is 2.20. The number of carbonyl (C=O) groups excluding carboxylic acids is 1. The molecule has 1 aromatic heterocycles. The van der Waals surface area contributed by atoms with E-state index in [1.807, 2.05) is 5.38 Å². The Kier molecular flexibility index (Phi) is 7.91. The predicted molar refractivity (Wildman–Crippen MR) is 84.4 cm³/mol. The zero-order valence-electron chi connectivity index (χ0n) is 11.7. The fraction of sp³-hybridized carbons (Fsp3) is 0.615. The van der Waals surface area contributed by atoms with Crippen LogP contribution in [0.4, 0.5) is 0 Å². The van der Waals surface area contributed by atoms with Gasteiger partial charge in [0.25, 0.3) is 5.91 Å². The Labute approximate surface area is 130 Å². The summed E-state index contributed by atoms with van der Waals surface area (Å²) in [5.74, 6) is 0.740. The van der Waals surface area contributed by atoms with Gasteiger partial charge >= 0.3 is 0 Å². The molecule has 1 aliphatic rings. The monoisotopic (exact) mass is 319 g/mol. The fourth-order valence-corrected chi connectivity index (χ4v) is 2.84. The molecule has 1 amide bonds. The Balaban J connectivity index is 0.00000200. The molecule has 1 fully saturated rings. The molecular weight excluding hydrogens is 298 g/mol. The van der Waals surface area contributed by atoms with Crippen molar-refractivity contribution in [1.29, 1.82) is 0 Å². The maximum atomic E-state index is 11.8. The molecular formula is C13H22ClN3O2S. The molecule has 20 heavy (non-hydrogen) atoms. The van der Waals surface area contributed by atoms with Crippen molar-refractivity contribution in [2.45, 2.75) is 6.42 Å². The Hall–Kier alpha value is -0.820. The van der Waals surface area contributed by atoms with Gasteiger partial charge in [-0.05, 0) is 13.0 Å². The topological polar surface area (TPSA) is 53.6 Å². The van der Waals surface area contributed by atoms with E-state index in [4.69, 9.17) is 4.74 Å². The molecule has 2 heterocycles. The van der Waals surface area contributed by atoms with E-state index in [-0.39, 0.29) is 18.3 Å². The third kappa shape index (κ3) is 5.28. The van der Waals surface area contributed by atoms with E-state index in [2.05, 4.69) is 15.5 Å². The van der Waals surface area contributed by atoms with Crippen molar-refractivity contribution in [3.05, 3.63) is 16.3 Å². The second-order valence-corrected chi connectivity index (χ2v) is 5.46. The summed E-state index contributed by atoms with van der Waals surface area (Å²) in [6.45, 7) is 6.13. The van der Waals surface area contributed by atoms with E-state index in [1.54, 1.807) is 13.2 Å². The number of halogens is 1. The van der Waals surface area contributed by atoms with Crippen LogP contribution in [0.15, 0.2) is 11.4 Å². The third-order valence-corrected chi connectivity index (χ3v) is 4.09. The molecule has 0 spiro atoms. The summed E-state index contributed by atoms with van der Waals surface area (Å²) >= 11 is 1.41. The number of amides is 1. The molecule has 0 bridgehead atoms. The first-order valence-corrected chi connectivity index (χ1v) is 7.51. The standard InChI is InChI=1S/C13H21N3O2S.ClH/c1-18-11-9-12(19-10-11)13(17)15-3-2-6-16-7-4-14-5-8-16;/h9-10,14H,2-8H2,1H3,(H,15,17);1H. The van der Waals surface area contributed by atoms with E-state index < -0.39 is 0 Å². The van der Waals surface area contributed by atoms with Gasteiger partial charge in [0.05, 0.1) is 12.0 Å². The molecule has 0 unspecified atom stereocenters. The lowest BCUT2D eigenvalue weighted by Crippen LogP contribution is -2.44. The zero-order chi connectivity index (χ0) is 13.5. The Morgan fingerprint density at radius 2 is 2.25 bits per heavy atom. The number of ether oxygens (including phenoxy) is 1. The number of carbonyl (C=O) groups is 1. The molecule has 0 saturated carbocycles. The Morgan fingerprint density at radius 1 is 1.50 bits per heavy atom. The van der Waals surface area contributed by atoms with Crippen molar-refractivity contribution in [2.75, 3.05) is 46.4 Å². The Morgan fingerprint density at radius 3 is 2.90 bits per heavy atom. The SMILES string of the molecule is COc1csc(C(=O)NCCCN2CCNCC2)c1.Cl. The van der Waals surface area contributed by atoms with Gasteiger partial charge in [-0.2, -0.15) is 0 Å². The molecule has 114 valence electrons. The highest BCUT2D eigenvalue weighted by atomic mass is 35.5. The van der Waals surface area contributed by atoms with Crippen LogP contribution < -0.4 is 15.4 Å². The number of rotatable bonds is 6. The average Bonchev–Trinajstić information content (AvgIpc) is 2.93. The summed E-state index contributed by atoms with van der Waals surface area (Å²) in [5.41, 5.74) is 0. The first kappa shape index (κ1) is 17.2. The van der Waals surface area contributed by atoms with E-state index in [1.165, 1.54) is 11.3 Å². The highest BCUT2D eigenvalue weighted by Gasteiger charge is 2.10. The molecule has 1 aromatic rings. The van der Waals surface area contributed by atoms with Gasteiger partial charge in [0.2, 0.25) is 0 Å². The number of methoxy groups -OCH3 is 1. The van der Waals surface area contributed by atoms with E-state index >= 15 is 0 Å². The summed E-state index contributed by atoms with van der Waals surface area (Å²) in [4.78, 5) is 15.0. The fourth-order valence-electron chi connectivity index (χ4n) is 2.07. The summed E-state index contributed by atoms with van der Waals surface area (Å²) in [6, 6.07) is 1.77. The van der Waals surface area contributed by atoms with Gasteiger partial charge in [0, 0.05) is 44.2 Å². The van der Waals surface area contributed by atoms with Gasteiger partial charge in [-0.1, -0.05) is 0 Å². The summed E-state index contributed by atoms with van der Waals surface area (Å²) < 4.78 is 5.07. The summed E-state index contributed by atoms with van der Waals surface area (Å²) in [7, 11) is 1.61. The van der Waals surface area contributed by atoms with E-state index in [9.17, 15) is 4.79 Å². The molecule has 5 nitrogen and oxygen atoms in total. The van der Waals surface area contributed by atoms with Crippen LogP contribution in [0, 0.1) is 0 Å². The zero-order valence-corrected chi connectivity index (χ0v) is 13.3. The minimum atomic E-state index is -0.00592. The number of thiophene rings is 1. The summed E-state index contributed by atoms with van der Waals surface area (Å²) in [6.07, 6.45) is 0.994. The average molecular weight is 320 g/mol. The highest BCUT2D eigenvalue weighted by molar-refractivity contribution is 7.12. The molecule has 7 heteroatoms. The molecule has 0 radical (unpaired) electrons. The number of hydrogen-bond acceptors (Lipinski definition) is 5. The number of nitrogens with one attached hydrogen (secondary N) is 2. The molecule has 1 aliphatic heterocycles. The van der Waals surface area contributed by atoms with Gasteiger partial charge < -0.3 is 20.3 Å². The van der Waals surface area contributed by atoms with Crippen LogP contribution in [-0.4, -0.2) is 57.2 Å². The largest absolute Gasteiger partial charge is 0.496 e. The van der Waals surface area contributed by atoms with Crippen LogP contribution in [0.2, 0.25) is 0 Å². The first-order chi connectivity index (χ1) is 9.29. The smallest absolute Gasteiger partial charge is 0.261 e. The van der Waals surface area contributed by atoms with E-state index in [0.29, 0.717) is 4.88 Å². The molecule has 0 aromatic carbocycles. The number of piperazine rings is 1. The quantitative estimate of drug-likeness (QED) is 0.774. The van der Waals surface area contributed by atoms with Crippen LogP contribution in [0.3, 0.4) is 0 Å². The second kappa shape index (κ2) is 9.18. The lowest BCUT2D eigenvalue weighted by atomic mass is 10.3. The molecule has 2 N–H and O–H groups in total. The van der Waals surface area contributed by atoms with Crippen LogP contribution >= 0.6 is 23.7 Å². The minimum absolute atomic E-state index is 0. The number of hydrogen-bond donors (Lipinski definition) is 2. The van der Waals surface area contributed by atoms with Crippen molar-refractivity contribution in [1.82, 2.24) is 15.5 Å².